The monoisotopic (exact) mass is 384 g/mol. The molecule has 2 N–H and O–H groups in total. The van der Waals surface area contributed by atoms with E-state index in [1.807, 2.05) is 4.90 Å². The molecule has 2 unspecified atom stereocenters. The summed E-state index contributed by atoms with van der Waals surface area (Å²) in [5.74, 6) is -1.00. The Balaban J connectivity index is 1.52. The Hall–Kier alpha value is -2.92. The second-order valence-electron chi connectivity index (χ2n) is 7.42. The molecular formula is C20H21FN4O3. The van der Waals surface area contributed by atoms with E-state index in [-0.39, 0.29) is 35.6 Å². The summed E-state index contributed by atoms with van der Waals surface area (Å²) in [7, 11) is 0. The highest BCUT2D eigenvalue weighted by atomic mass is 19.1. The summed E-state index contributed by atoms with van der Waals surface area (Å²) in [4.78, 5) is 28.2. The van der Waals surface area contributed by atoms with E-state index < -0.39 is 11.7 Å². The number of para-hydroxylation sites is 1. The number of hydrogen-bond acceptors (Lipinski definition) is 5. The van der Waals surface area contributed by atoms with Crippen molar-refractivity contribution in [3.05, 3.63) is 35.3 Å². The zero-order valence-electron chi connectivity index (χ0n) is 15.4. The van der Waals surface area contributed by atoms with Gasteiger partial charge in [-0.05, 0) is 31.9 Å². The van der Waals surface area contributed by atoms with Crippen LogP contribution in [0.25, 0.3) is 11.0 Å². The first-order chi connectivity index (χ1) is 13.5. The van der Waals surface area contributed by atoms with E-state index in [0.717, 1.165) is 12.8 Å². The van der Waals surface area contributed by atoms with Crippen LogP contribution in [0.4, 0.5) is 4.39 Å². The van der Waals surface area contributed by atoms with Gasteiger partial charge >= 0.3 is 0 Å². The van der Waals surface area contributed by atoms with Crippen molar-refractivity contribution >= 4 is 22.8 Å². The molecule has 28 heavy (non-hydrogen) atoms. The smallest absolute Gasteiger partial charge is 0.252 e. The Labute approximate surface area is 161 Å². The summed E-state index contributed by atoms with van der Waals surface area (Å²) in [6, 6.07) is 6.26. The lowest BCUT2D eigenvalue weighted by Gasteiger charge is -2.23. The Bertz CT molecular complexity index is 980. The SMILES string of the molecule is N#CC1CCCN1C(=O)CN1CCC(c2oc3c(F)cccc3c2C(N)=O)C1. The summed E-state index contributed by atoms with van der Waals surface area (Å²) < 4.78 is 19.8. The van der Waals surface area contributed by atoms with Crippen LogP contribution in [-0.4, -0.2) is 53.8 Å². The Kier molecular flexibility index (Phi) is 4.77. The molecule has 2 aromatic rings. The van der Waals surface area contributed by atoms with Crippen LogP contribution in [0.3, 0.4) is 0 Å². The standard InChI is InChI=1S/C20H21FN4O3/c21-15-5-1-4-14-17(20(23)27)18(28-19(14)15)12-6-8-24(10-12)11-16(26)25-7-2-3-13(25)9-22/h1,4-5,12-13H,2-3,6-8,10-11H2,(H2,23,27). The van der Waals surface area contributed by atoms with Crippen molar-refractivity contribution in [3.8, 4) is 6.07 Å². The molecule has 0 saturated carbocycles. The fraction of sp³-hybridized carbons (Fsp3) is 0.450. The van der Waals surface area contributed by atoms with Gasteiger partial charge in [-0.3, -0.25) is 14.5 Å². The molecule has 1 aromatic carbocycles. The van der Waals surface area contributed by atoms with E-state index in [1.165, 1.54) is 12.1 Å². The third kappa shape index (κ3) is 3.12. The number of nitriles is 1. The van der Waals surface area contributed by atoms with E-state index in [2.05, 4.69) is 6.07 Å². The number of nitrogens with two attached hydrogens (primary N) is 1. The lowest BCUT2D eigenvalue weighted by Crippen LogP contribution is -2.41. The molecule has 0 radical (unpaired) electrons. The van der Waals surface area contributed by atoms with Crippen molar-refractivity contribution in [1.29, 1.82) is 5.26 Å². The largest absolute Gasteiger partial charge is 0.457 e. The molecule has 146 valence electrons. The number of halogens is 1. The molecule has 0 aliphatic carbocycles. The number of likely N-dealkylation sites (tertiary alicyclic amines) is 2. The van der Waals surface area contributed by atoms with Gasteiger partial charge in [-0.2, -0.15) is 5.26 Å². The van der Waals surface area contributed by atoms with Gasteiger partial charge in [-0.1, -0.05) is 12.1 Å². The van der Waals surface area contributed by atoms with E-state index in [9.17, 15) is 14.0 Å². The molecular weight excluding hydrogens is 363 g/mol. The van der Waals surface area contributed by atoms with Gasteiger partial charge in [0.15, 0.2) is 11.4 Å². The average Bonchev–Trinajstić information content (AvgIpc) is 3.39. The number of rotatable bonds is 4. The number of carbonyl (C=O) groups is 2. The predicted octanol–water partition coefficient (Wildman–Crippen LogP) is 1.97. The van der Waals surface area contributed by atoms with Crippen LogP contribution in [0.5, 0.6) is 0 Å². The second kappa shape index (κ2) is 7.24. The topological polar surface area (TPSA) is 104 Å². The van der Waals surface area contributed by atoms with Crippen molar-refractivity contribution < 1.29 is 18.4 Å². The molecule has 2 amide bonds. The molecule has 2 atom stereocenters. The van der Waals surface area contributed by atoms with Crippen molar-refractivity contribution in [3.63, 3.8) is 0 Å². The number of nitrogens with zero attached hydrogens (tertiary/aromatic N) is 3. The number of carbonyl (C=O) groups excluding carboxylic acids is 2. The highest BCUT2D eigenvalue weighted by molar-refractivity contribution is 6.06. The van der Waals surface area contributed by atoms with Crippen LogP contribution in [0.2, 0.25) is 0 Å². The van der Waals surface area contributed by atoms with E-state index >= 15 is 0 Å². The van der Waals surface area contributed by atoms with Gasteiger partial charge in [0.05, 0.1) is 18.2 Å². The first-order valence-corrected chi connectivity index (χ1v) is 9.41. The molecule has 4 rings (SSSR count). The maximum Gasteiger partial charge on any atom is 0.252 e. The molecule has 1 aromatic heterocycles. The van der Waals surface area contributed by atoms with E-state index in [0.29, 0.717) is 37.2 Å². The zero-order chi connectivity index (χ0) is 19.8. The first-order valence-electron chi connectivity index (χ1n) is 9.41. The Morgan fingerprint density at radius 3 is 2.89 bits per heavy atom. The molecule has 7 nitrogen and oxygen atoms in total. The second-order valence-corrected chi connectivity index (χ2v) is 7.42. The Morgan fingerprint density at radius 1 is 1.32 bits per heavy atom. The van der Waals surface area contributed by atoms with Gasteiger partial charge in [-0.15, -0.1) is 0 Å². The normalized spacial score (nSPS) is 22.6. The molecule has 2 aliphatic heterocycles. The number of hydrogen-bond donors (Lipinski definition) is 1. The molecule has 2 fully saturated rings. The lowest BCUT2D eigenvalue weighted by atomic mass is 9.99. The van der Waals surface area contributed by atoms with Crippen LogP contribution in [0, 0.1) is 17.1 Å². The van der Waals surface area contributed by atoms with Gasteiger partial charge in [0.2, 0.25) is 5.91 Å². The van der Waals surface area contributed by atoms with Gasteiger partial charge in [0, 0.05) is 24.4 Å². The van der Waals surface area contributed by atoms with Crippen LogP contribution < -0.4 is 5.73 Å². The average molecular weight is 384 g/mol. The fourth-order valence-electron chi connectivity index (χ4n) is 4.32. The van der Waals surface area contributed by atoms with Gasteiger partial charge < -0.3 is 15.1 Å². The molecule has 3 heterocycles. The minimum absolute atomic E-state index is 0.0368. The quantitative estimate of drug-likeness (QED) is 0.868. The van der Waals surface area contributed by atoms with Gasteiger partial charge in [0.25, 0.3) is 5.91 Å². The number of fused-ring (bicyclic) bond motifs is 1. The molecule has 8 heteroatoms. The summed E-state index contributed by atoms with van der Waals surface area (Å²) in [5.41, 5.74) is 5.80. The van der Waals surface area contributed by atoms with E-state index in [1.54, 1.807) is 11.0 Å². The molecule has 2 saturated heterocycles. The lowest BCUT2D eigenvalue weighted by molar-refractivity contribution is -0.132. The highest BCUT2D eigenvalue weighted by Crippen LogP contribution is 2.36. The molecule has 2 aliphatic rings. The van der Waals surface area contributed by atoms with Crippen molar-refractivity contribution in [1.82, 2.24) is 9.80 Å². The van der Waals surface area contributed by atoms with Crippen LogP contribution in [0.1, 0.15) is 41.3 Å². The van der Waals surface area contributed by atoms with Gasteiger partial charge in [-0.25, -0.2) is 4.39 Å². The third-order valence-electron chi connectivity index (χ3n) is 5.67. The summed E-state index contributed by atoms with van der Waals surface area (Å²) in [5, 5.41) is 9.55. The highest BCUT2D eigenvalue weighted by Gasteiger charge is 2.35. The maximum absolute atomic E-state index is 14.1. The number of benzene rings is 1. The third-order valence-corrected chi connectivity index (χ3v) is 5.67. The Morgan fingerprint density at radius 2 is 2.14 bits per heavy atom. The minimum Gasteiger partial charge on any atom is -0.457 e. The molecule has 0 spiro atoms. The molecule has 0 bridgehead atoms. The zero-order valence-corrected chi connectivity index (χ0v) is 15.4. The first kappa shape index (κ1) is 18.4. The predicted molar refractivity (Wildman–Crippen MR) is 98.8 cm³/mol. The van der Waals surface area contributed by atoms with Crippen LogP contribution >= 0.6 is 0 Å². The van der Waals surface area contributed by atoms with Gasteiger partial charge in [0.1, 0.15) is 11.8 Å². The summed E-state index contributed by atoms with van der Waals surface area (Å²) >= 11 is 0. The van der Waals surface area contributed by atoms with Crippen molar-refractivity contribution in [2.75, 3.05) is 26.2 Å². The number of furan rings is 1. The fourth-order valence-corrected chi connectivity index (χ4v) is 4.32. The number of primary amides is 1. The minimum atomic E-state index is -0.650. The van der Waals surface area contributed by atoms with Crippen molar-refractivity contribution in [2.24, 2.45) is 5.73 Å². The number of amides is 2. The maximum atomic E-state index is 14.1. The summed E-state index contributed by atoms with van der Waals surface area (Å²) in [6.07, 6.45) is 2.24. The van der Waals surface area contributed by atoms with Crippen LogP contribution in [0.15, 0.2) is 22.6 Å². The summed E-state index contributed by atoms with van der Waals surface area (Å²) in [6.45, 7) is 2.00. The van der Waals surface area contributed by atoms with E-state index in [4.69, 9.17) is 15.4 Å². The van der Waals surface area contributed by atoms with Crippen LogP contribution in [-0.2, 0) is 4.79 Å². The van der Waals surface area contributed by atoms with Crippen molar-refractivity contribution in [2.45, 2.75) is 31.2 Å².